The van der Waals surface area contributed by atoms with Gasteiger partial charge in [0.25, 0.3) is 0 Å². The minimum absolute atomic E-state index is 0.940. The van der Waals surface area contributed by atoms with Gasteiger partial charge in [0.2, 0.25) is 0 Å². The lowest BCUT2D eigenvalue weighted by Gasteiger charge is -2.34. The molecule has 1 rings (SSSR count). The average Bonchev–Trinajstić information content (AvgIpc) is 2.36. The maximum atomic E-state index is 5.59. The van der Waals surface area contributed by atoms with Crippen LogP contribution in [0.4, 0.5) is 0 Å². The number of piperazine rings is 1. The van der Waals surface area contributed by atoms with Gasteiger partial charge in [0.15, 0.2) is 0 Å². The second-order valence-corrected chi connectivity index (χ2v) is 5.00. The van der Waals surface area contributed by atoms with E-state index >= 15 is 0 Å². The lowest BCUT2D eigenvalue weighted by Crippen LogP contribution is -2.46. The first kappa shape index (κ1) is 14.9. The van der Waals surface area contributed by atoms with Crippen molar-refractivity contribution < 1.29 is 4.74 Å². The van der Waals surface area contributed by atoms with E-state index in [1.54, 1.807) is 0 Å². The van der Waals surface area contributed by atoms with Gasteiger partial charge >= 0.3 is 0 Å². The fraction of sp³-hybridized carbons (Fsp3) is 1.00. The summed E-state index contributed by atoms with van der Waals surface area (Å²) >= 11 is 0. The van der Waals surface area contributed by atoms with Crippen LogP contribution in [0.2, 0.25) is 0 Å². The van der Waals surface area contributed by atoms with Crippen LogP contribution < -0.4 is 0 Å². The lowest BCUT2D eigenvalue weighted by molar-refractivity contribution is 0.0979. The average molecular weight is 242 g/mol. The summed E-state index contributed by atoms with van der Waals surface area (Å²) in [6.45, 7) is 13.8. The molecule has 1 aliphatic rings. The van der Waals surface area contributed by atoms with Crippen molar-refractivity contribution in [2.45, 2.75) is 39.5 Å². The van der Waals surface area contributed by atoms with E-state index in [2.05, 4.69) is 23.6 Å². The van der Waals surface area contributed by atoms with E-state index < -0.39 is 0 Å². The van der Waals surface area contributed by atoms with E-state index in [0.717, 1.165) is 13.2 Å². The van der Waals surface area contributed by atoms with Crippen molar-refractivity contribution in [3.63, 3.8) is 0 Å². The Morgan fingerprint density at radius 3 is 1.94 bits per heavy atom. The van der Waals surface area contributed by atoms with E-state index in [1.165, 1.54) is 65.0 Å². The molecule has 1 heterocycles. The normalized spacial score (nSPS) is 18.7. The minimum atomic E-state index is 0.940. The third kappa shape index (κ3) is 7.02. The molecule has 0 aliphatic carbocycles. The first-order valence-corrected chi connectivity index (χ1v) is 7.39. The van der Waals surface area contributed by atoms with Crippen LogP contribution >= 0.6 is 0 Å². The zero-order valence-electron chi connectivity index (χ0n) is 11.8. The number of hydrogen-bond donors (Lipinski definition) is 0. The van der Waals surface area contributed by atoms with Crippen molar-refractivity contribution >= 4 is 0 Å². The smallest absolute Gasteiger partial charge is 0.0478 e. The minimum Gasteiger partial charge on any atom is -0.381 e. The molecule has 0 aromatic rings. The highest BCUT2D eigenvalue weighted by molar-refractivity contribution is 4.71. The van der Waals surface area contributed by atoms with Crippen LogP contribution in [0.15, 0.2) is 0 Å². The van der Waals surface area contributed by atoms with Crippen molar-refractivity contribution in [2.24, 2.45) is 0 Å². The summed E-state index contributed by atoms with van der Waals surface area (Å²) in [6.07, 6.45) is 4.91. The van der Waals surface area contributed by atoms with Gasteiger partial charge in [-0.15, -0.1) is 0 Å². The van der Waals surface area contributed by atoms with Crippen molar-refractivity contribution in [1.82, 2.24) is 9.80 Å². The van der Waals surface area contributed by atoms with Gasteiger partial charge in [-0.25, -0.2) is 0 Å². The van der Waals surface area contributed by atoms with Crippen LogP contribution in [-0.4, -0.2) is 62.3 Å². The molecule has 0 unspecified atom stereocenters. The summed E-state index contributed by atoms with van der Waals surface area (Å²) in [5, 5.41) is 0. The molecule has 0 N–H and O–H groups in total. The number of unbranched alkanes of at least 4 members (excludes halogenated alkanes) is 1. The molecule has 0 spiro atoms. The van der Waals surface area contributed by atoms with Gasteiger partial charge in [-0.2, -0.15) is 0 Å². The second-order valence-electron chi connectivity index (χ2n) is 5.00. The Kier molecular flexibility index (Phi) is 8.67. The number of ether oxygens (including phenoxy) is 1. The van der Waals surface area contributed by atoms with Crippen LogP contribution in [0.5, 0.6) is 0 Å². The van der Waals surface area contributed by atoms with E-state index in [-0.39, 0.29) is 0 Å². The molecule has 3 nitrogen and oxygen atoms in total. The van der Waals surface area contributed by atoms with E-state index in [9.17, 15) is 0 Å². The Labute approximate surface area is 107 Å². The van der Waals surface area contributed by atoms with Crippen LogP contribution in [0, 0.1) is 0 Å². The van der Waals surface area contributed by atoms with Gasteiger partial charge in [0.1, 0.15) is 0 Å². The fourth-order valence-corrected chi connectivity index (χ4v) is 2.29. The molecule has 0 aromatic carbocycles. The Morgan fingerprint density at radius 2 is 1.35 bits per heavy atom. The molecular formula is C14H30N2O. The van der Waals surface area contributed by atoms with Crippen LogP contribution in [0.1, 0.15) is 39.5 Å². The van der Waals surface area contributed by atoms with Gasteiger partial charge in [-0.05, 0) is 25.8 Å². The highest BCUT2D eigenvalue weighted by Gasteiger charge is 2.14. The highest BCUT2D eigenvalue weighted by atomic mass is 16.5. The largest absolute Gasteiger partial charge is 0.381 e. The molecule has 1 fully saturated rings. The standard InChI is InChI=1S/C14H30N2O/c1-3-5-13-17-14-6-8-16-11-9-15(7-4-2)10-12-16/h3-14H2,1-2H3. The topological polar surface area (TPSA) is 15.7 Å². The van der Waals surface area contributed by atoms with Crippen molar-refractivity contribution in [2.75, 3.05) is 52.5 Å². The summed E-state index contributed by atoms with van der Waals surface area (Å²) in [4.78, 5) is 5.16. The number of nitrogens with zero attached hydrogens (tertiary/aromatic N) is 2. The molecule has 0 amide bonds. The molecule has 0 radical (unpaired) electrons. The van der Waals surface area contributed by atoms with Crippen LogP contribution in [0.25, 0.3) is 0 Å². The van der Waals surface area contributed by atoms with Crippen molar-refractivity contribution in [1.29, 1.82) is 0 Å². The predicted molar refractivity (Wildman–Crippen MR) is 73.5 cm³/mol. The Hall–Kier alpha value is -0.120. The molecule has 102 valence electrons. The zero-order valence-corrected chi connectivity index (χ0v) is 11.8. The number of rotatable bonds is 9. The van der Waals surface area contributed by atoms with E-state index in [4.69, 9.17) is 4.74 Å². The summed E-state index contributed by atoms with van der Waals surface area (Å²) in [5.74, 6) is 0. The summed E-state index contributed by atoms with van der Waals surface area (Å²) in [7, 11) is 0. The quantitative estimate of drug-likeness (QED) is 0.577. The van der Waals surface area contributed by atoms with Gasteiger partial charge in [-0.3, -0.25) is 0 Å². The van der Waals surface area contributed by atoms with E-state index in [0.29, 0.717) is 0 Å². The third-order valence-electron chi connectivity index (χ3n) is 3.41. The van der Waals surface area contributed by atoms with Crippen molar-refractivity contribution in [3.8, 4) is 0 Å². The fourth-order valence-electron chi connectivity index (χ4n) is 2.29. The van der Waals surface area contributed by atoms with Gasteiger partial charge in [0, 0.05) is 45.9 Å². The maximum absolute atomic E-state index is 5.59. The summed E-state index contributed by atoms with van der Waals surface area (Å²) in [5.41, 5.74) is 0. The summed E-state index contributed by atoms with van der Waals surface area (Å²) < 4.78 is 5.59. The van der Waals surface area contributed by atoms with Gasteiger partial charge in [-0.1, -0.05) is 20.3 Å². The van der Waals surface area contributed by atoms with Crippen molar-refractivity contribution in [3.05, 3.63) is 0 Å². The molecule has 0 saturated carbocycles. The van der Waals surface area contributed by atoms with Gasteiger partial charge in [0.05, 0.1) is 0 Å². The Balaban J connectivity index is 1.91. The lowest BCUT2D eigenvalue weighted by atomic mass is 10.3. The predicted octanol–water partition coefficient (Wildman–Crippen LogP) is 2.22. The van der Waals surface area contributed by atoms with Crippen LogP contribution in [0.3, 0.4) is 0 Å². The first-order chi connectivity index (χ1) is 8.36. The monoisotopic (exact) mass is 242 g/mol. The second kappa shape index (κ2) is 9.86. The van der Waals surface area contributed by atoms with Crippen LogP contribution in [-0.2, 0) is 4.74 Å². The molecular weight excluding hydrogens is 212 g/mol. The third-order valence-corrected chi connectivity index (χ3v) is 3.41. The zero-order chi connectivity index (χ0) is 12.3. The Bertz CT molecular complexity index is 168. The molecule has 3 heteroatoms. The molecule has 0 aromatic heterocycles. The summed E-state index contributed by atoms with van der Waals surface area (Å²) in [6, 6.07) is 0. The molecule has 1 saturated heterocycles. The molecule has 0 atom stereocenters. The Morgan fingerprint density at radius 1 is 0.765 bits per heavy atom. The molecule has 17 heavy (non-hydrogen) atoms. The highest BCUT2D eigenvalue weighted by Crippen LogP contribution is 2.03. The number of hydrogen-bond acceptors (Lipinski definition) is 3. The van der Waals surface area contributed by atoms with E-state index in [1.807, 2.05) is 0 Å². The maximum Gasteiger partial charge on any atom is 0.0478 e. The van der Waals surface area contributed by atoms with Gasteiger partial charge < -0.3 is 14.5 Å². The molecule has 1 aliphatic heterocycles. The molecule has 0 bridgehead atoms. The first-order valence-electron chi connectivity index (χ1n) is 7.39. The SMILES string of the molecule is CCCCOCCCN1CCN(CCC)CC1.